The number of nitrogens with one attached hydrogen (secondary N) is 1. The van der Waals surface area contributed by atoms with Crippen LogP contribution in [-0.4, -0.2) is 25.2 Å². The molecular formula is C24H19ClN2O4. The summed E-state index contributed by atoms with van der Waals surface area (Å²) >= 11 is 6.05. The van der Waals surface area contributed by atoms with E-state index in [4.69, 9.17) is 21.1 Å². The topological polar surface area (TPSA) is 77.0 Å². The minimum Gasteiger partial charge on any atom is -0.497 e. The van der Waals surface area contributed by atoms with Gasteiger partial charge < -0.3 is 9.47 Å². The van der Waals surface area contributed by atoms with E-state index in [0.29, 0.717) is 21.9 Å². The van der Waals surface area contributed by atoms with Crippen LogP contribution < -0.4 is 14.9 Å². The zero-order valence-corrected chi connectivity index (χ0v) is 17.4. The van der Waals surface area contributed by atoms with E-state index in [9.17, 15) is 9.59 Å². The number of carbonyl (C=O) groups excluding carboxylic acids is 2. The number of rotatable bonds is 7. The van der Waals surface area contributed by atoms with Crippen LogP contribution in [0.1, 0.15) is 21.5 Å². The zero-order valence-electron chi connectivity index (χ0n) is 16.6. The first kappa shape index (κ1) is 21.8. The third kappa shape index (κ3) is 6.55. The molecule has 31 heavy (non-hydrogen) atoms. The van der Waals surface area contributed by atoms with Crippen LogP contribution in [0, 0.1) is 0 Å². The van der Waals surface area contributed by atoms with Crippen LogP contribution in [0.3, 0.4) is 0 Å². The van der Waals surface area contributed by atoms with Gasteiger partial charge in [-0.1, -0.05) is 41.9 Å². The van der Waals surface area contributed by atoms with Crippen LogP contribution in [0.25, 0.3) is 6.08 Å². The maximum atomic E-state index is 12.2. The molecule has 3 aromatic carbocycles. The van der Waals surface area contributed by atoms with E-state index < -0.39 is 11.9 Å². The molecule has 0 atom stereocenters. The van der Waals surface area contributed by atoms with Crippen molar-refractivity contribution >= 4 is 35.8 Å². The molecule has 3 rings (SSSR count). The first-order valence-corrected chi connectivity index (χ1v) is 9.65. The number of methoxy groups -OCH3 is 1. The van der Waals surface area contributed by atoms with Crippen LogP contribution in [0.4, 0.5) is 0 Å². The Morgan fingerprint density at radius 2 is 1.74 bits per heavy atom. The van der Waals surface area contributed by atoms with Gasteiger partial charge in [0.15, 0.2) is 0 Å². The third-order valence-corrected chi connectivity index (χ3v) is 4.35. The van der Waals surface area contributed by atoms with Crippen molar-refractivity contribution in [2.24, 2.45) is 5.10 Å². The Hall–Kier alpha value is -3.90. The average molecular weight is 435 g/mol. The van der Waals surface area contributed by atoms with E-state index in [1.807, 2.05) is 30.3 Å². The molecule has 6 nitrogen and oxygen atoms in total. The lowest BCUT2D eigenvalue weighted by atomic mass is 10.2. The second-order valence-corrected chi connectivity index (χ2v) is 6.71. The maximum Gasteiger partial charge on any atom is 0.336 e. The summed E-state index contributed by atoms with van der Waals surface area (Å²) in [6.07, 6.45) is 4.34. The van der Waals surface area contributed by atoms with Gasteiger partial charge in [-0.2, -0.15) is 5.10 Å². The number of benzene rings is 3. The molecule has 0 aliphatic heterocycles. The highest BCUT2D eigenvalue weighted by atomic mass is 35.5. The Morgan fingerprint density at radius 3 is 2.45 bits per heavy atom. The summed E-state index contributed by atoms with van der Waals surface area (Å²) in [5.74, 6) is -0.0466. The van der Waals surface area contributed by atoms with Gasteiger partial charge in [0.05, 0.1) is 13.3 Å². The first-order valence-electron chi connectivity index (χ1n) is 9.27. The van der Waals surface area contributed by atoms with Gasteiger partial charge in [-0.15, -0.1) is 0 Å². The molecule has 156 valence electrons. The monoisotopic (exact) mass is 434 g/mol. The lowest BCUT2D eigenvalue weighted by Gasteiger charge is -2.06. The fourth-order valence-corrected chi connectivity index (χ4v) is 2.73. The third-order valence-electron chi connectivity index (χ3n) is 4.12. The molecule has 7 heteroatoms. The number of esters is 1. The summed E-state index contributed by atoms with van der Waals surface area (Å²) in [7, 11) is 1.55. The molecule has 0 unspecified atom stereocenters. The van der Waals surface area contributed by atoms with Gasteiger partial charge in [-0.3, -0.25) is 4.79 Å². The van der Waals surface area contributed by atoms with Crippen molar-refractivity contribution in [3.8, 4) is 11.5 Å². The highest BCUT2D eigenvalue weighted by Crippen LogP contribution is 2.22. The Bertz CT molecular complexity index is 1110. The van der Waals surface area contributed by atoms with Gasteiger partial charge in [0, 0.05) is 22.2 Å². The summed E-state index contributed by atoms with van der Waals surface area (Å²) in [6, 6.07) is 20.7. The quantitative estimate of drug-likeness (QED) is 0.192. The SMILES string of the molecule is COc1ccc(C(=O)N/N=C/c2cc(Cl)ccc2OC(=O)/C=C/c2ccccc2)cc1. The molecule has 0 fully saturated rings. The summed E-state index contributed by atoms with van der Waals surface area (Å²) in [6.45, 7) is 0. The predicted molar refractivity (Wildman–Crippen MR) is 121 cm³/mol. The number of nitrogens with zero attached hydrogens (tertiary/aromatic N) is 1. The Labute approximate surface area is 184 Å². The number of halogens is 1. The van der Waals surface area contributed by atoms with E-state index in [-0.39, 0.29) is 5.75 Å². The van der Waals surface area contributed by atoms with E-state index in [0.717, 1.165) is 5.56 Å². The molecule has 0 heterocycles. The van der Waals surface area contributed by atoms with E-state index in [1.54, 1.807) is 55.7 Å². The van der Waals surface area contributed by atoms with Crippen LogP contribution in [0.2, 0.25) is 5.02 Å². The molecule has 0 bridgehead atoms. The number of ether oxygens (including phenoxy) is 2. The van der Waals surface area contributed by atoms with Crippen molar-refractivity contribution in [2.45, 2.75) is 0 Å². The Morgan fingerprint density at radius 1 is 1.00 bits per heavy atom. The lowest BCUT2D eigenvalue weighted by Crippen LogP contribution is -2.17. The van der Waals surface area contributed by atoms with Gasteiger partial charge in [0.2, 0.25) is 0 Å². The largest absolute Gasteiger partial charge is 0.497 e. The van der Waals surface area contributed by atoms with Crippen molar-refractivity contribution in [1.82, 2.24) is 5.43 Å². The summed E-state index contributed by atoms with van der Waals surface area (Å²) in [5.41, 5.74) is 4.15. The average Bonchev–Trinajstić information content (AvgIpc) is 2.80. The van der Waals surface area contributed by atoms with E-state index in [1.165, 1.54) is 12.3 Å². The van der Waals surface area contributed by atoms with Crippen molar-refractivity contribution in [2.75, 3.05) is 7.11 Å². The Balaban J connectivity index is 1.66. The molecule has 0 aliphatic carbocycles. The van der Waals surface area contributed by atoms with Crippen LogP contribution in [-0.2, 0) is 4.79 Å². The number of hydrogen-bond donors (Lipinski definition) is 1. The predicted octanol–water partition coefficient (Wildman–Crippen LogP) is 4.73. The van der Waals surface area contributed by atoms with Gasteiger partial charge in [0.25, 0.3) is 5.91 Å². The summed E-state index contributed by atoms with van der Waals surface area (Å²) in [5, 5.41) is 4.37. The minimum absolute atomic E-state index is 0.259. The molecule has 0 saturated carbocycles. The molecular weight excluding hydrogens is 416 g/mol. The fraction of sp³-hybridized carbons (Fsp3) is 0.0417. The van der Waals surface area contributed by atoms with E-state index in [2.05, 4.69) is 10.5 Å². The summed E-state index contributed by atoms with van der Waals surface area (Å²) in [4.78, 5) is 24.4. The van der Waals surface area contributed by atoms with Gasteiger partial charge in [-0.05, 0) is 54.1 Å². The number of amides is 1. The minimum atomic E-state index is -0.553. The molecule has 1 amide bonds. The van der Waals surface area contributed by atoms with Gasteiger partial charge in [-0.25, -0.2) is 10.2 Å². The number of hydrogen-bond acceptors (Lipinski definition) is 5. The fourth-order valence-electron chi connectivity index (χ4n) is 2.55. The molecule has 0 saturated heterocycles. The number of hydrazone groups is 1. The van der Waals surface area contributed by atoms with Crippen LogP contribution in [0.5, 0.6) is 11.5 Å². The second-order valence-electron chi connectivity index (χ2n) is 6.27. The zero-order chi connectivity index (χ0) is 22.1. The highest BCUT2D eigenvalue weighted by Gasteiger charge is 2.08. The molecule has 0 radical (unpaired) electrons. The second kappa shape index (κ2) is 10.8. The highest BCUT2D eigenvalue weighted by molar-refractivity contribution is 6.31. The van der Waals surface area contributed by atoms with Crippen LogP contribution >= 0.6 is 11.6 Å². The van der Waals surface area contributed by atoms with Crippen molar-refractivity contribution in [3.05, 3.63) is 101 Å². The van der Waals surface area contributed by atoms with Gasteiger partial charge in [0.1, 0.15) is 11.5 Å². The maximum absolute atomic E-state index is 12.2. The van der Waals surface area contributed by atoms with Crippen molar-refractivity contribution in [1.29, 1.82) is 0 Å². The summed E-state index contributed by atoms with van der Waals surface area (Å²) < 4.78 is 10.5. The molecule has 0 aliphatic rings. The van der Waals surface area contributed by atoms with Crippen molar-refractivity contribution in [3.63, 3.8) is 0 Å². The molecule has 1 N–H and O–H groups in total. The normalized spacial score (nSPS) is 10.9. The standard InChI is InChI=1S/C24H19ClN2O4/c1-30-21-11-8-18(9-12-21)24(29)27-26-16-19-15-20(25)10-13-22(19)31-23(28)14-7-17-5-3-2-4-6-17/h2-16H,1H3,(H,27,29)/b14-7+,26-16+. The Kier molecular flexibility index (Phi) is 7.56. The van der Waals surface area contributed by atoms with E-state index >= 15 is 0 Å². The lowest BCUT2D eigenvalue weighted by molar-refractivity contribution is -0.128. The van der Waals surface area contributed by atoms with Crippen molar-refractivity contribution < 1.29 is 19.1 Å². The number of carbonyl (C=O) groups is 2. The molecule has 0 aromatic heterocycles. The molecule has 0 spiro atoms. The first-order chi connectivity index (χ1) is 15.0. The molecule has 3 aromatic rings. The van der Waals surface area contributed by atoms with Gasteiger partial charge >= 0.3 is 5.97 Å². The van der Waals surface area contributed by atoms with Crippen LogP contribution in [0.15, 0.2) is 84.0 Å². The smallest absolute Gasteiger partial charge is 0.336 e.